The van der Waals surface area contributed by atoms with Crippen LogP contribution in [0.4, 0.5) is 0 Å². The predicted molar refractivity (Wildman–Crippen MR) is 70.9 cm³/mol. The van der Waals surface area contributed by atoms with Gasteiger partial charge in [-0.05, 0) is 19.8 Å². The number of fused-ring (bicyclic) bond motifs is 1. The molecule has 1 amide bonds. The van der Waals surface area contributed by atoms with E-state index in [0.29, 0.717) is 17.8 Å². The van der Waals surface area contributed by atoms with Gasteiger partial charge in [0, 0.05) is 31.1 Å². The lowest BCUT2D eigenvalue weighted by Crippen LogP contribution is -2.43. The van der Waals surface area contributed by atoms with E-state index in [1.807, 2.05) is 4.90 Å². The van der Waals surface area contributed by atoms with Gasteiger partial charge in [0.05, 0.1) is 17.9 Å². The van der Waals surface area contributed by atoms with Gasteiger partial charge in [-0.1, -0.05) is 0 Å². The van der Waals surface area contributed by atoms with Crippen LogP contribution in [0, 0.1) is 5.92 Å². The summed E-state index contributed by atoms with van der Waals surface area (Å²) in [5.41, 5.74) is 2.10. The zero-order valence-electron chi connectivity index (χ0n) is 10.9. The van der Waals surface area contributed by atoms with Crippen molar-refractivity contribution in [1.29, 1.82) is 0 Å². The molecule has 2 aromatic rings. The number of piperidine rings is 1. The average Bonchev–Trinajstić information content (AvgIpc) is 2.98. The van der Waals surface area contributed by atoms with Crippen molar-refractivity contribution in [3.63, 3.8) is 0 Å². The number of furan rings is 1. The molecule has 2 unspecified atom stereocenters. The van der Waals surface area contributed by atoms with Gasteiger partial charge in [0.25, 0.3) is 5.91 Å². The van der Waals surface area contributed by atoms with E-state index in [4.69, 9.17) is 4.42 Å². The molecule has 0 bridgehead atoms. The van der Waals surface area contributed by atoms with Crippen molar-refractivity contribution in [2.75, 3.05) is 13.1 Å². The first kappa shape index (κ1) is 12.3. The molecule has 0 radical (unpaired) electrons. The van der Waals surface area contributed by atoms with Crippen LogP contribution >= 0.6 is 0 Å². The van der Waals surface area contributed by atoms with Gasteiger partial charge in [-0.2, -0.15) is 0 Å². The topological polar surface area (TPSA) is 69.5 Å². The number of aromatic amines is 1. The van der Waals surface area contributed by atoms with E-state index in [-0.39, 0.29) is 17.9 Å². The standard InChI is InChI=1S/C14H18N2O3/c1-9(17)10-3-2-5-16(8-10)14(18)12-7-13-11(15-12)4-6-19-13/h4,6-7,9-10,15,17H,2-3,5,8H2,1H3. The number of hydrogen-bond acceptors (Lipinski definition) is 3. The summed E-state index contributed by atoms with van der Waals surface area (Å²) in [4.78, 5) is 17.3. The SMILES string of the molecule is CC(O)C1CCCN(C(=O)c2cc3occc3[nH]2)C1. The molecule has 2 aromatic heterocycles. The number of aliphatic hydroxyl groups is 1. The molecule has 2 N–H and O–H groups in total. The first-order valence-electron chi connectivity index (χ1n) is 6.68. The Morgan fingerprint density at radius 1 is 1.63 bits per heavy atom. The Labute approximate surface area is 111 Å². The predicted octanol–water partition coefficient (Wildman–Crippen LogP) is 1.99. The van der Waals surface area contributed by atoms with Gasteiger partial charge >= 0.3 is 0 Å². The molecular weight excluding hydrogens is 244 g/mol. The number of nitrogens with one attached hydrogen (secondary N) is 1. The van der Waals surface area contributed by atoms with E-state index >= 15 is 0 Å². The third-order valence-electron chi connectivity index (χ3n) is 3.90. The van der Waals surface area contributed by atoms with E-state index in [2.05, 4.69) is 4.98 Å². The fraction of sp³-hybridized carbons (Fsp3) is 0.500. The summed E-state index contributed by atoms with van der Waals surface area (Å²) in [5, 5.41) is 9.67. The van der Waals surface area contributed by atoms with E-state index in [9.17, 15) is 9.90 Å². The average molecular weight is 262 g/mol. The Morgan fingerprint density at radius 3 is 3.21 bits per heavy atom. The van der Waals surface area contributed by atoms with Gasteiger partial charge in [-0.25, -0.2) is 0 Å². The normalized spacial score (nSPS) is 21.8. The Morgan fingerprint density at radius 2 is 2.47 bits per heavy atom. The van der Waals surface area contributed by atoms with Crippen molar-refractivity contribution in [2.45, 2.75) is 25.9 Å². The van der Waals surface area contributed by atoms with Crippen molar-refractivity contribution < 1.29 is 14.3 Å². The fourth-order valence-electron chi connectivity index (χ4n) is 2.72. The minimum Gasteiger partial charge on any atom is -0.463 e. The fourth-order valence-corrected chi connectivity index (χ4v) is 2.72. The molecule has 0 aliphatic carbocycles. The van der Waals surface area contributed by atoms with E-state index in [0.717, 1.165) is 24.9 Å². The quantitative estimate of drug-likeness (QED) is 0.869. The van der Waals surface area contributed by atoms with Crippen LogP contribution in [0.2, 0.25) is 0 Å². The van der Waals surface area contributed by atoms with Crippen molar-refractivity contribution in [1.82, 2.24) is 9.88 Å². The van der Waals surface area contributed by atoms with Crippen LogP contribution in [-0.2, 0) is 0 Å². The summed E-state index contributed by atoms with van der Waals surface area (Å²) in [5.74, 6) is 0.160. The smallest absolute Gasteiger partial charge is 0.270 e. The van der Waals surface area contributed by atoms with Gasteiger partial charge in [0.15, 0.2) is 5.58 Å². The summed E-state index contributed by atoms with van der Waals surface area (Å²) in [6.45, 7) is 3.17. The third-order valence-corrected chi connectivity index (χ3v) is 3.90. The number of likely N-dealkylation sites (tertiary alicyclic amines) is 1. The molecule has 1 fully saturated rings. The molecule has 102 valence electrons. The van der Waals surface area contributed by atoms with Crippen LogP contribution in [0.15, 0.2) is 22.8 Å². The Kier molecular flexibility index (Phi) is 3.06. The van der Waals surface area contributed by atoms with Crippen molar-refractivity contribution >= 4 is 17.0 Å². The number of H-pyrrole nitrogens is 1. The third kappa shape index (κ3) is 2.26. The molecule has 0 aromatic carbocycles. The highest BCUT2D eigenvalue weighted by Gasteiger charge is 2.27. The van der Waals surface area contributed by atoms with Crippen molar-refractivity contribution in [2.24, 2.45) is 5.92 Å². The molecule has 5 heteroatoms. The summed E-state index contributed by atoms with van der Waals surface area (Å²) in [6, 6.07) is 3.55. The highest BCUT2D eigenvalue weighted by Crippen LogP contribution is 2.23. The summed E-state index contributed by atoms with van der Waals surface area (Å²) in [6.07, 6.45) is 3.16. The summed E-state index contributed by atoms with van der Waals surface area (Å²) >= 11 is 0. The minimum absolute atomic E-state index is 0.0169. The lowest BCUT2D eigenvalue weighted by molar-refractivity contribution is 0.0462. The highest BCUT2D eigenvalue weighted by molar-refractivity contribution is 5.96. The zero-order chi connectivity index (χ0) is 13.4. The van der Waals surface area contributed by atoms with Crippen molar-refractivity contribution in [3.05, 3.63) is 24.1 Å². The molecule has 1 saturated heterocycles. The molecule has 3 heterocycles. The zero-order valence-corrected chi connectivity index (χ0v) is 10.9. The van der Waals surface area contributed by atoms with Crippen LogP contribution in [0.3, 0.4) is 0 Å². The number of nitrogens with zero attached hydrogens (tertiary/aromatic N) is 1. The first-order chi connectivity index (χ1) is 9.15. The second kappa shape index (κ2) is 4.74. The number of aliphatic hydroxyl groups excluding tert-OH is 1. The van der Waals surface area contributed by atoms with E-state index in [1.165, 1.54) is 0 Å². The second-order valence-corrected chi connectivity index (χ2v) is 5.28. The maximum Gasteiger partial charge on any atom is 0.270 e. The summed E-state index contributed by atoms with van der Waals surface area (Å²) < 4.78 is 5.25. The van der Waals surface area contributed by atoms with Gasteiger partial charge in [-0.15, -0.1) is 0 Å². The molecule has 19 heavy (non-hydrogen) atoms. The van der Waals surface area contributed by atoms with Crippen LogP contribution in [0.5, 0.6) is 0 Å². The number of rotatable bonds is 2. The number of carbonyl (C=O) groups excluding carboxylic acids is 1. The number of aromatic nitrogens is 1. The van der Waals surface area contributed by atoms with E-state index in [1.54, 1.807) is 25.3 Å². The van der Waals surface area contributed by atoms with Gasteiger partial charge in [0.1, 0.15) is 5.69 Å². The molecule has 0 saturated carbocycles. The maximum absolute atomic E-state index is 12.4. The van der Waals surface area contributed by atoms with Gasteiger partial charge < -0.3 is 19.4 Å². The Hall–Kier alpha value is -1.75. The monoisotopic (exact) mass is 262 g/mol. The molecule has 1 aliphatic heterocycles. The second-order valence-electron chi connectivity index (χ2n) is 5.28. The molecular formula is C14H18N2O3. The molecule has 3 rings (SSSR count). The lowest BCUT2D eigenvalue weighted by Gasteiger charge is -2.33. The number of hydrogen-bond donors (Lipinski definition) is 2. The van der Waals surface area contributed by atoms with Crippen LogP contribution in [-0.4, -0.2) is 40.1 Å². The maximum atomic E-state index is 12.4. The minimum atomic E-state index is -0.365. The molecule has 1 aliphatic rings. The molecule has 0 spiro atoms. The molecule has 2 atom stereocenters. The van der Waals surface area contributed by atoms with Gasteiger partial charge in [0.2, 0.25) is 0 Å². The number of amides is 1. The van der Waals surface area contributed by atoms with Crippen LogP contribution in [0.25, 0.3) is 11.1 Å². The van der Waals surface area contributed by atoms with Crippen LogP contribution < -0.4 is 0 Å². The number of carbonyl (C=O) groups is 1. The van der Waals surface area contributed by atoms with Crippen molar-refractivity contribution in [3.8, 4) is 0 Å². The Balaban J connectivity index is 1.77. The van der Waals surface area contributed by atoms with Gasteiger partial charge in [-0.3, -0.25) is 4.79 Å². The molecule has 5 nitrogen and oxygen atoms in total. The lowest BCUT2D eigenvalue weighted by atomic mass is 9.93. The largest absolute Gasteiger partial charge is 0.463 e. The summed E-state index contributed by atoms with van der Waals surface area (Å²) in [7, 11) is 0. The van der Waals surface area contributed by atoms with Crippen LogP contribution in [0.1, 0.15) is 30.3 Å². The Bertz CT molecular complexity index is 556. The van der Waals surface area contributed by atoms with E-state index < -0.39 is 0 Å². The highest BCUT2D eigenvalue weighted by atomic mass is 16.3. The first-order valence-corrected chi connectivity index (χ1v) is 6.68.